The molecule has 2 aromatic carbocycles. The molecule has 0 fully saturated rings. The molecule has 10 heteroatoms. The van der Waals surface area contributed by atoms with Gasteiger partial charge in [0.25, 0.3) is 0 Å². The van der Waals surface area contributed by atoms with Crippen LogP contribution in [0.4, 0.5) is 13.2 Å². The van der Waals surface area contributed by atoms with Crippen LogP contribution in [-0.4, -0.2) is 15.9 Å². The lowest BCUT2D eigenvalue weighted by Gasteiger charge is -2.14. The zero-order valence-electron chi connectivity index (χ0n) is 12.6. The van der Waals surface area contributed by atoms with Gasteiger partial charge >= 0.3 is 12.1 Å². The Morgan fingerprint density at radius 2 is 1.69 bits per heavy atom. The van der Waals surface area contributed by atoms with Crippen LogP contribution >= 0.6 is 50.7 Å². The van der Waals surface area contributed by atoms with Crippen molar-refractivity contribution in [1.29, 1.82) is 0 Å². The summed E-state index contributed by atoms with van der Waals surface area (Å²) >= 11 is 20.8. The number of alkyl halides is 4. The van der Waals surface area contributed by atoms with Gasteiger partial charge in [-0.25, -0.2) is 0 Å². The second-order valence-electron chi connectivity index (χ2n) is 5.13. The van der Waals surface area contributed by atoms with Gasteiger partial charge in [-0.15, -0.1) is 0 Å². The van der Waals surface area contributed by atoms with E-state index in [1.54, 1.807) is 0 Å². The molecule has 2 rings (SSSR count). The first-order valence-electron chi connectivity index (χ1n) is 6.88. The number of halogens is 7. The minimum Gasteiger partial charge on any atom is -0.480 e. The summed E-state index contributed by atoms with van der Waals surface area (Å²) in [4.78, 5) is 10.1. The molecule has 0 bridgehead atoms. The van der Waals surface area contributed by atoms with Gasteiger partial charge in [-0.3, -0.25) is 4.79 Å². The number of carboxylic acid groups (broad SMARTS) is 1. The molecule has 0 saturated heterocycles. The third kappa shape index (κ3) is 5.19. The minimum absolute atomic E-state index is 0.0693. The van der Waals surface area contributed by atoms with Crippen LogP contribution in [0.3, 0.4) is 0 Å². The van der Waals surface area contributed by atoms with Crippen molar-refractivity contribution in [3.05, 3.63) is 56.5 Å². The largest absolute Gasteiger partial charge is 0.480 e. The highest BCUT2D eigenvalue weighted by Crippen LogP contribution is 2.42. The minimum atomic E-state index is -4.60. The van der Waals surface area contributed by atoms with Crippen LogP contribution < -0.4 is 4.74 Å². The molecule has 0 heterocycles. The van der Waals surface area contributed by atoms with E-state index < -0.39 is 22.5 Å². The first-order chi connectivity index (χ1) is 12.0. The van der Waals surface area contributed by atoms with Gasteiger partial charge in [-0.2, -0.15) is 13.2 Å². The SMILES string of the molecule is O=C(O)C(Br)Cc1cc(Oc2c(Cl)cc(C(F)(F)F)cc2Cl)ccc1Cl. The number of hydrogen-bond acceptors (Lipinski definition) is 2. The average Bonchev–Trinajstić information content (AvgIpc) is 2.52. The molecule has 1 unspecified atom stereocenters. The average molecular weight is 493 g/mol. The molecule has 0 radical (unpaired) electrons. The molecule has 0 aromatic heterocycles. The summed E-state index contributed by atoms with van der Waals surface area (Å²) in [6.07, 6.45) is -4.53. The summed E-state index contributed by atoms with van der Waals surface area (Å²) in [6.45, 7) is 0. The smallest absolute Gasteiger partial charge is 0.416 e. The van der Waals surface area contributed by atoms with Gasteiger partial charge < -0.3 is 9.84 Å². The second kappa shape index (κ2) is 8.25. The highest BCUT2D eigenvalue weighted by Gasteiger charge is 2.32. The van der Waals surface area contributed by atoms with Crippen LogP contribution in [0.1, 0.15) is 11.1 Å². The fourth-order valence-electron chi connectivity index (χ4n) is 1.99. The quantitative estimate of drug-likeness (QED) is 0.465. The Balaban J connectivity index is 2.33. The molecule has 0 aliphatic carbocycles. The molecule has 0 amide bonds. The van der Waals surface area contributed by atoms with Crippen LogP contribution in [-0.2, 0) is 17.4 Å². The number of hydrogen-bond donors (Lipinski definition) is 1. The lowest BCUT2D eigenvalue weighted by Crippen LogP contribution is -2.15. The number of rotatable bonds is 5. The Bertz CT molecular complexity index is 820. The monoisotopic (exact) mass is 490 g/mol. The van der Waals surface area contributed by atoms with Crippen molar-refractivity contribution in [3.63, 3.8) is 0 Å². The zero-order chi connectivity index (χ0) is 19.6. The maximum atomic E-state index is 12.8. The van der Waals surface area contributed by atoms with Crippen molar-refractivity contribution < 1.29 is 27.8 Å². The molecule has 1 atom stereocenters. The van der Waals surface area contributed by atoms with Crippen molar-refractivity contribution in [3.8, 4) is 11.5 Å². The normalized spacial score (nSPS) is 12.7. The summed E-state index contributed by atoms with van der Waals surface area (Å²) in [5.74, 6) is -1.03. The Hall–Kier alpha value is -1.15. The predicted octanol–water partition coefficient (Wildman–Crippen LogP) is 6.85. The third-order valence-electron chi connectivity index (χ3n) is 3.23. The Morgan fingerprint density at radius 1 is 1.12 bits per heavy atom. The van der Waals surface area contributed by atoms with Gasteiger partial charge in [0.1, 0.15) is 10.6 Å². The van der Waals surface area contributed by atoms with Gasteiger partial charge in [0.2, 0.25) is 0 Å². The summed E-state index contributed by atoms with van der Waals surface area (Å²) in [6, 6.07) is 5.81. The molecule has 0 spiro atoms. The number of carbonyl (C=O) groups is 1. The van der Waals surface area contributed by atoms with E-state index >= 15 is 0 Å². The maximum Gasteiger partial charge on any atom is 0.416 e. The molecule has 0 aliphatic rings. The van der Waals surface area contributed by atoms with Gasteiger partial charge in [0.05, 0.1) is 15.6 Å². The van der Waals surface area contributed by atoms with Crippen LogP contribution in [0.15, 0.2) is 30.3 Å². The molecular formula is C16H9BrCl3F3O3. The topological polar surface area (TPSA) is 46.5 Å². The van der Waals surface area contributed by atoms with Crippen molar-refractivity contribution in [2.24, 2.45) is 0 Å². The Morgan fingerprint density at radius 3 is 2.19 bits per heavy atom. The maximum absolute atomic E-state index is 12.8. The van der Waals surface area contributed by atoms with E-state index in [1.807, 2.05) is 0 Å². The lowest BCUT2D eigenvalue weighted by atomic mass is 10.1. The van der Waals surface area contributed by atoms with Crippen molar-refractivity contribution >= 4 is 56.7 Å². The lowest BCUT2D eigenvalue weighted by molar-refractivity contribution is -0.138. The standard InChI is InChI=1S/C16H9BrCl3F3O3/c17-10(15(24)25)4-7-3-9(1-2-11(7)18)26-14-12(19)5-8(6-13(14)20)16(21,22)23/h1-3,5-6,10H,4H2,(H,24,25). The van der Waals surface area contributed by atoms with E-state index in [9.17, 15) is 18.0 Å². The molecule has 140 valence electrons. The summed E-state index contributed by atoms with van der Waals surface area (Å²) in [5.41, 5.74) is -0.534. The Labute approximate surface area is 169 Å². The van der Waals surface area contributed by atoms with Crippen LogP contribution in [0.25, 0.3) is 0 Å². The number of aliphatic carboxylic acids is 1. The van der Waals surface area contributed by atoms with Gasteiger partial charge in [-0.1, -0.05) is 50.7 Å². The van der Waals surface area contributed by atoms with Gasteiger partial charge in [0, 0.05) is 5.02 Å². The van der Waals surface area contributed by atoms with Crippen LogP contribution in [0.5, 0.6) is 11.5 Å². The first-order valence-corrected chi connectivity index (χ1v) is 8.93. The number of benzene rings is 2. The van der Waals surface area contributed by atoms with Crippen LogP contribution in [0.2, 0.25) is 15.1 Å². The zero-order valence-corrected chi connectivity index (χ0v) is 16.4. The van der Waals surface area contributed by atoms with Crippen LogP contribution in [0, 0.1) is 0 Å². The Kier molecular flexibility index (Phi) is 6.71. The molecule has 1 N–H and O–H groups in total. The van der Waals surface area contributed by atoms with E-state index in [1.165, 1.54) is 18.2 Å². The summed E-state index contributed by atoms with van der Waals surface area (Å²) in [7, 11) is 0. The number of carboxylic acids is 1. The molecule has 0 aliphatic heterocycles. The molecule has 0 saturated carbocycles. The highest BCUT2D eigenvalue weighted by molar-refractivity contribution is 9.10. The van der Waals surface area contributed by atoms with Gasteiger partial charge in [-0.05, 0) is 42.3 Å². The van der Waals surface area contributed by atoms with Crippen molar-refractivity contribution in [2.75, 3.05) is 0 Å². The second-order valence-corrected chi connectivity index (χ2v) is 7.46. The molecule has 3 nitrogen and oxygen atoms in total. The van der Waals surface area contributed by atoms with E-state index in [4.69, 9.17) is 44.6 Å². The van der Waals surface area contributed by atoms with Crippen molar-refractivity contribution in [2.45, 2.75) is 17.4 Å². The fraction of sp³-hybridized carbons (Fsp3) is 0.188. The summed E-state index contributed by atoms with van der Waals surface area (Å²) in [5, 5.41) is 8.64. The molecule has 26 heavy (non-hydrogen) atoms. The first kappa shape index (κ1) is 21.2. The highest BCUT2D eigenvalue weighted by atomic mass is 79.9. The molecular weight excluding hydrogens is 483 g/mol. The predicted molar refractivity (Wildman–Crippen MR) is 97.0 cm³/mol. The molecule has 2 aromatic rings. The van der Waals surface area contributed by atoms with E-state index in [-0.39, 0.29) is 28.0 Å². The summed E-state index contributed by atoms with van der Waals surface area (Å²) < 4.78 is 43.8. The van der Waals surface area contributed by atoms with E-state index in [0.29, 0.717) is 22.7 Å². The van der Waals surface area contributed by atoms with Crippen molar-refractivity contribution in [1.82, 2.24) is 0 Å². The third-order valence-corrected chi connectivity index (χ3v) is 4.88. The van der Waals surface area contributed by atoms with E-state index in [0.717, 1.165) is 0 Å². The fourth-order valence-corrected chi connectivity index (χ4v) is 3.10. The number of ether oxygens (including phenoxy) is 1. The van der Waals surface area contributed by atoms with E-state index in [2.05, 4.69) is 15.9 Å². The van der Waals surface area contributed by atoms with Gasteiger partial charge in [0.15, 0.2) is 5.75 Å².